The van der Waals surface area contributed by atoms with Gasteiger partial charge in [0.25, 0.3) is 11.4 Å². The van der Waals surface area contributed by atoms with E-state index < -0.39 is 15.5 Å². The summed E-state index contributed by atoms with van der Waals surface area (Å²) in [5.41, 5.74) is 0.608. The minimum atomic E-state index is -0.691. The Morgan fingerprint density at radius 3 is 2.17 bits per heavy atom. The van der Waals surface area contributed by atoms with Gasteiger partial charge in [0.2, 0.25) is 5.91 Å². The van der Waals surface area contributed by atoms with Crippen molar-refractivity contribution in [3.8, 4) is 0 Å². The van der Waals surface area contributed by atoms with Crippen molar-refractivity contribution >= 4 is 34.3 Å². The molecular weight excluding hydrogens is 316 g/mol. The molecule has 0 fully saturated rings. The molecule has 0 spiro atoms. The Hall–Kier alpha value is -3.49. The summed E-state index contributed by atoms with van der Waals surface area (Å²) in [4.78, 5) is 33.2. The Morgan fingerprint density at radius 1 is 1.04 bits per heavy atom. The van der Waals surface area contributed by atoms with Crippen molar-refractivity contribution in [2.45, 2.75) is 6.92 Å². The number of anilines is 3. The summed E-state index contributed by atoms with van der Waals surface area (Å²) in [6.45, 7) is 1.44. The van der Waals surface area contributed by atoms with E-state index in [9.17, 15) is 25.0 Å². The van der Waals surface area contributed by atoms with Crippen LogP contribution in [0.4, 0.5) is 28.4 Å². The van der Waals surface area contributed by atoms with E-state index in [1.54, 1.807) is 31.3 Å². The maximum atomic E-state index is 11.3. The number of nitro groups is 2. The zero-order valence-corrected chi connectivity index (χ0v) is 12.9. The Kier molecular flexibility index (Phi) is 4.73. The molecule has 0 aliphatic rings. The van der Waals surface area contributed by atoms with Gasteiger partial charge in [-0.15, -0.1) is 0 Å². The quantitative estimate of drug-likeness (QED) is 0.664. The fourth-order valence-corrected chi connectivity index (χ4v) is 2.00. The van der Waals surface area contributed by atoms with Crippen LogP contribution in [0.15, 0.2) is 42.5 Å². The van der Waals surface area contributed by atoms with Crippen LogP contribution in [0.3, 0.4) is 0 Å². The van der Waals surface area contributed by atoms with Gasteiger partial charge < -0.3 is 10.2 Å². The number of benzene rings is 2. The van der Waals surface area contributed by atoms with Crippen LogP contribution in [-0.4, -0.2) is 22.8 Å². The van der Waals surface area contributed by atoms with Crippen molar-refractivity contribution in [3.63, 3.8) is 0 Å². The fourth-order valence-electron chi connectivity index (χ4n) is 2.00. The first-order valence-electron chi connectivity index (χ1n) is 6.84. The maximum Gasteiger partial charge on any atom is 0.299 e. The van der Waals surface area contributed by atoms with Crippen molar-refractivity contribution in [1.29, 1.82) is 0 Å². The highest BCUT2D eigenvalue weighted by molar-refractivity contribution is 5.91. The number of hydrogen-bond donors (Lipinski definition) is 1. The van der Waals surface area contributed by atoms with Crippen LogP contribution in [0.25, 0.3) is 0 Å². The highest BCUT2D eigenvalue weighted by Crippen LogP contribution is 2.31. The highest BCUT2D eigenvalue weighted by atomic mass is 16.6. The van der Waals surface area contributed by atoms with Crippen molar-refractivity contribution in [2.75, 3.05) is 17.3 Å². The lowest BCUT2D eigenvalue weighted by molar-refractivity contribution is -0.393. The van der Waals surface area contributed by atoms with Gasteiger partial charge in [-0.3, -0.25) is 25.0 Å². The lowest BCUT2D eigenvalue weighted by atomic mass is 10.2. The van der Waals surface area contributed by atoms with Gasteiger partial charge in [0.15, 0.2) is 0 Å². The predicted molar refractivity (Wildman–Crippen MR) is 88.6 cm³/mol. The Labute approximate surface area is 136 Å². The Bertz CT molecular complexity index is 804. The van der Waals surface area contributed by atoms with E-state index in [0.717, 1.165) is 6.07 Å². The summed E-state index contributed by atoms with van der Waals surface area (Å²) < 4.78 is 0. The maximum absolute atomic E-state index is 11.3. The number of amides is 1. The van der Waals surface area contributed by atoms with Crippen LogP contribution in [0.1, 0.15) is 6.92 Å². The largest absolute Gasteiger partial charge is 0.350 e. The third-order valence-electron chi connectivity index (χ3n) is 3.39. The van der Waals surface area contributed by atoms with Crippen molar-refractivity contribution in [1.82, 2.24) is 0 Å². The zero-order chi connectivity index (χ0) is 17.9. The Balaban J connectivity index is 2.29. The van der Waals surface area contributed by atoms with E-state index in [2.05, 4.69) is 5.32 Å². The first-order valence-corrected chi connectivity index (χ1v) is 6.84. The summed E-state index contributed by atoms with van der Waals surface area (Å²) in [5, 5.41) is 24.7. The number of nitrogens with one attached hydrogen (secondary N) is 1. The molecule has 0 radical (unpaired) electrons. The summed E-state index contributed by atoms with van der Waals surface area (Å²) in [6.07, 6.45) is 0. The van der Waals surface area contributed by atoms with Gasteiger partial charge >= 0.3 is 0 Å². The number of carbonyl (C=O) groups is 1. The third-order valence-corrected chi connectivity index (χ3v) is 3.39. The molecular formula is C15H14N4O5. The van der Waals surface area contributed by atoms with Gasteiger partial charge in [0, 0.05) is 31.4 Å². The number of hydrogen-bond acceptors (Lipinski definition) is 6. The first kappa shape index (κ1) is 16.9. The van der Waals surface area contributed by atoms with E-state index in [4.69, 9.17) is 0 Å². The zero-order valence-electron chi connectivity index (χ0n) is 12.9. The van der Waals surface area contributed by atoms with E-state index in [1.807, 2.05) is 0 Å². The standard InChI is InChI=1S/C15H14N4O5/c1-10(20)17(2)12-5-3-11(4-6-12)16-14-8-7-13(18(21)22)9-15(14)19(23)24/h3-9,16H,1-2H3. The van der Waals surface area contributed by atoms with E-state index in [-0.39, 0.29) is 17.3 Å². The predicted octanol–water partition coefficient (Wildman–Crippen LogP) is 3.23. The molecule has 0 aliphatic heterocycles. The molecule has 0 aromatic heterocycles. The molecule has 0 bridgehead atoms. The monoisotopic (exact) mass is 330 g/mol. The van der Waals surface area contributed by atoms with Gasteiger partial charge in [0.1, 0.15) is 5.69 Å². The van der Waals surface area contributed by atoms with Gasteiger partial charge in [0.05, 0.1) is 15.9 Å². The molecule has 9 nitrogen and oxygen atoms in total. The second-order valence-corrected chi connectivity index (χ2v) is 4.97. The van der Waals surface area contributed by atoms with Crippen LogP contribution in [-0.2, 0) is 4.79 Å². The summed E-state index contributed by atoms with van der Waals surface area (Å²) in [5.74, 6) is -0.123. The number of nitro benzene ring substituents is 2. The van der Waals surface area contributed by atoms with Crippen LogP contribution in [0.5, 0.6) is 0 Å². The number of carbonyl (C=O) groups excluding carboxylic acids is 1. The molecule has 124 valence electrons. The van der Waals surface area contributed by atoms with Gasteiger partial charge in [-0.05, 0) is 30.3 Å². The van der Waals surface area contributed by atoms with Crippen molar-refractivity contribution < 1.29 is 14.6 Å². The number of nitrogens with zero attached hydrogens (tertiary/aromatic N) is 3. The molecule has 0 unspecified atom stereocenters. The van der Waals surface area contributed by atoms with Gasteiger partial charge in [-0.1, -0.05) is 0 Å². The van der Waals surface area contributed by atoms with Gasteiger partial charge in [-0.25, -0.2) is 0 Å². The second-order valence-electron chi connectivity index (χ2n) is 4.97. The molecule has 0 saturated heterocycles. The molecule has 9 heteroatoms. The van der Waals surface area contributed by atoms with E-state index in [1.165, 1.54) is 24.0 Å². The lowest BCUT2D eigenvalue weighted by Gasteiger charge is -2.15. The topological polar surface area (TPSA) is 119 Å². The van der Waals surface area contributed by atoms with Crippen molar-refractivity contribution in [2.24, 2.45) is 0 Å². The average Bonchev–Trinajstić information content (AvgIpc) is 2.54. The lowest BCUT2D eigenvalue weighted by Crippen LogP contribution is -2.22. The molecule has 0 heterocycles. The SMILES string of the molecule is CC(=O)N(C)c1ccc(Nc2ccc([N+](=O)[O-])cc2[N+](=O)[O-])cc1. The van der Waals surface area contributed by atoms with Crippen molar-refractivity contribution in [3.05, 3.63) is 62.7 Å². The fraction of sp³-hybridized carbons (Fsp3) is 0.133. The molecule has 2 aromatic rings. The smallest absolute Gasteiger partial charge is 0.299 e. The third kappa shape index (κ3) is 3.64. The molecule has 1 amide bonds. The normalized spacial score (nSPS) is 10.1. The van der Waals surface area contributed by atoms with E-state index >= 15 is 0 Å². The minimum Gasteiger partial charge on any atom is -0.350 e. The van der Waals surface area contributed by atoms with E-state index in [0.29, 0.717) is 11.4 Å². The van der Waals surface area contributed by atoms with Crippen LogP contribution < -0.4 is 10.2 Å². The Morgan fingerprint density at radius 2 is 1.67 bits per heavy atom. The van der Waals surface area contributed by atoms with Crippen LogP contribution in [0, 0.1) is 20.2 Å². The number of rotatable bonds is 5. The van der Waals surface area contributed by atoms with Crippen LogP contribution >= 0.6 is 0 Å². The first-order chi connectivity index (χ1) is 11.3. The van der Waals surface area contributed by atoms with Crippen LogP contribution in [0.2, 0.25) is 0 Å². The molecule has 2 rings (SSSR count). The molecule has 0 atom stereocenters. The number of non-ortho nitro benzene ring substituents is 1. The summed E-state index contributed by atoms with van der Waals surface area (Å²) >= 11 is 0. The van der Waals surface area contributed by atoms with Gasteiger partial charge in [-0.2, -0.15) is 0 Å². The molecule has 0 saturated carbocycles. The average molecular weight is 330 g/mol. The second kappa shape index (κ2) is 6.73. The summed E-state index contributed by atoms with van der Waals surface area (Å²) in [6, 6.07) is 10.0. The summed E-state index contributed by atoms with van der Waals surface area (Å²) in [7, 11) is 1.63. The molecule has 2 aromatic carbocycles. The molecule has 1 N–H and O–H groups in total. The molecule has 0 aliphatic carbocycles. The minimum absolute atomic E-state index is 0.123. The molecule has 24 heavy (non-hydrogen) atoms. The highest BCUT2D eigenvalue weighted by Gasteiger charge is 2.19.